The van der Waals surface area contributed by atoms with Gasteiger partial charge in [0.05, 0.1) is 30.3 Å². The fourth-order valence-electron chi connectivity index (χ4n) is 3.80. The van der Waals surface area contributed by atoms with Gasteiger partial charge in [0.25, 0.3) is 0 Å². The van der Waals surface area contributed by atoms with Crippen LogP contribution in [-0.2, 0) is 23.8 Å². The summed E-state index contributed by atoms with van der Waals surface area (Å²) < 4.78 is 52.7. The number of carbonyl (C=O) groups excluding carboxylic acids is 2. The number of nitrogens with one attached hydrogen (secondary N) is 1. The number of rotatable bonds is 8. The number of hydrogen-bond acceptors (Lipinski definition) is 6. The molecule has 3 rings (SSSR count). The maximum atomic E-state index is 13.4. The number of benzene rings is 2. The predicted molar refractivity (Wildman–Crippen MR) is 128 cm³/mol. The first-order valence-electron chi connectivity index (χ1n) is 11.4. The Morgan fingerprint density at radius 1 is 1.11 bits per heavy atom. The highest BCUT2D eigenvalue weighted by atomic mass is 19.4. The number of para-hydroxylation sites is 2. The molecule has 0 saturated carbocycles. The normalized spacial score (nSPS) is 11.8. The number of fused-ring (bicyclic) bond motifs is 1. The van der Waals surface area contributed by atoms with Crippen LogP contribution in [0.3, 0.4) is 0 Å². The van der Waals surface area contributed by atoms with E-state index in [2.05, 4.69) is 0 Å². The van der Waals surface area contributed by atoms with Crippen LogP contribution in [0.1, 0.15) is 49.5 Å². The fraction of sp³-hybridized carbons (Fsp3) is 0.385. The SMILES string of the molecule is Cn1c(=N)n(CC(=O)c2cc(OCCCC#N)c(OC(=O)C(F)(F)F)c(C(C)(C)C)c2)c2ccccc21. The maximum Gasteiger partial charge on any atom is 0.491 e. The Kier molecular flexibility index (Phi) is 7.81. The van der Waals surface area contributed by atoms with Gasteiger partial charge in [0, 0.05) is 24.6 Å². The number of nitrogens with zero attached hydrogens (tertiary/aromatic N) is 3. The van der Waals surface area contributed by atoms with Crippen molar-refractivity contribution in [3.8, 4) is 17.6 Å². The summed E-state index contributed by atoms with van der Waals surface area (Å²) >= 11 is 0. The second-order valence-electron chi connectivity index (χ2n) is 9.48. The number of Topliss-reactive ketones (excluding diaryl/α,β-unsaturated/α-hetero) is 1. The van der Waals surface area contributed by atoms with Crippen LogP contribution in [0.2, 0.25) is 0 Å². The third-order valence-electron chi connectivity index (χ3n) is 5.71. The number of ketones is 1. The highest BCUT2D eigenvalue weighted by Gasteiger charge is 2.43. The molecule has 0 fully saturated rings. The van der Waals surface area contributed by atoms with E-state index in [0.29, 0.717) is 5.52 Å². The van der Waals surface area contributed by atoms with Gasteiger partial charge in [0.2, 0.25) is 5.62 Å². The molecule has 0 radical (unpaired) electrons. The molecular formula is C26H27F3N4O4. The number of carbonyl (C=O) groups is 2. The molecule has 196 valence electrons. The van der Waals surface area contributed by atoms with Crippen LogP contribution >= 0.6 is 0 Å². The van der Waals surface area contributed by atoms with E-state index in [1.807, 2.05) is 18.2 Å². The minimum atomic E-state index is -5.24. The van der Waals surface area contributed by atoms with E-state index in [0.717, 1.165) is 5.52 Å². The lowest BCUT2D eigenvalue weighted by molar-refractivity contribution is -0.189. The lowest BCUT2D eigenvalue weighted by atomic mass is 9.84. The Bertz CT molecular complexity index is 1440. The molecule has 0 aliphatic heterocycles. The van der Waals surface area contributed by atoms with Gasteiger partial charge in [-0.3, -0.25) is 10.2 Å². The van der Waals surface area contributed by atoms with E-state index < -0.39 is 29.1 Å². The van der Waals surface area contributed by atoms with Crippen molar-refractivity contribution in [3.05, 3.63) is 53.1 Å². The summed E-state index contributed by atoms with van der Waals surface area (Å²) in [6.07, 6.45) is -4.82. The lowest BCUT2D eigenvalue weighted by Gasteiger charge is -2.25. The topological polar surface area (TPSA) is 110 Å². The number of hydrogen-bond donors (Lipinski definition) is 1. The average Bonchev–Trinajstić information content (AvgIpc) is 3.06. The van der Waals surface area contributed by atoms with E-state index in [9.17, 15) is 22.8 Å². The summed E-state index contributed by atoms with van der Waals surface area (Å²) in [5.74, 6) is -3.47. The molecule has 37 heavy (non-hydrogen) atoms. The highest BCUT2D eigenvalue weighted by Crippen LogP contribution is 2.41. The van der Waals surface area contributed by atoms with E-state index in [1.54, 1.807) is 44.5 Å². The second-order valence-corrected chi connectivity index (χ2v) is 9.48. The van der Waals surface area contributed by atoms with Gasteiger partial charge in [-0.2, -0.15) is 18.4 Å². The Hall–Kier alpha value is -4.07. The summed E-state index contributed by atoms with van der Waals surface area (Å²) in [5.41, 5.74) is 0.964. The van der Waals surface area contributed by atoms with Gasteiger partial charge in [-0.25, -0.2) is 4.79 Å². The van der Waals surface area contributed by atoms with Crippen LogP contribution in [-0.4, -0.2) is 33.7 Å². The number of esters is 1. The fourth-order valence-corrected chi connectivity index (χ4v) is 3.80. The minimum absolute atomic E-state index is 0.0414. The number of alkyl halides is 3. The molecule has 1 N–H and O–H groups in total. The van der Waals surface area contributed by atoms with Gasteiger partial charge in [-0.05, 0) is 36.1 Å². The first-order valence-corrected chi connectivity index (χ1v) is 11.4. The third-order valence-corrected chi connectivity index (χ3v) is 5.71. The smallest absolute Gasteiger partial charge is 0.490 e. The zero-order valence-corrected chi connectivity index (χ0v) is 20.9. The zero-order valence-electron chi connectivity index (χ0n) is 20.9. The van der Waals surface area contributed by atoms with Gasteiger partial charge in [-0.1, -0.05) is 32.9 Å². The molecule has 0 unspecified atom stereocenters. The van der Waals surface area contributed by atoms with Crippen molar-refractivity contribution in [2.24, 2.45) is 7.05 Å². The van der Waals surface area contributed by atoms with Gasteiger partial charge in [0.15, 0.2) is 17.3 Å². The van der Waals surface area contributed by atoms with Crippen molar-refractivity contribution in [2.45, 2.75) is 51.7 Å². The summed E-state index contributed by atoms with van der Waals surface area (Å²) in [5, 5.41) is 17.2. The number of nitriles is 1. The molecule has 0 bridgehead atoms. The molecule has 0 aliphatic carbocycles. The van der Waals surface area contributed by atoms with Crippen molar-refractivity contribution >= 4 is 22.8 Å². The van der Waals surface area contributed by atoms with E-state index >= 15 is 0 Å². The van der Waals surface area contributed by atoms with Crippen molar-refractivity contribution in [3.63, 3.8) is 0 Å². The van der Waals surface area contributed by atoms with E-state index in [1.165, 1.54) is 16.7 Å². The van der Waals surface area contributed by atoms with Crippen LogP contribution in [0.4, 0.5) is 13.2 Å². The van der Waals surface area contributed by atoms with E-state index in [-0.39, 0.29) is 48.5 Å². The molecule has 0 atom stereocenters. The molecular weight excluding hydrogens is 489 g/mol. The molecule has 1 heterocycles. The van der Waals surface area contributed by atoms with Crippen molar-refractivity contribution in [1.29, 1.82) is 10.7 Å². The molecule has 11 heteroatoms. The molecule has 2 aromatic carbocycles. The lowest BCUT2D eigenvalue weighted by Crippen LogP contribution is -2.30. The third kappa shape index (κ3) is 6.02. The van der Waals surface area contributed by atoms with Gasteiger partial charge < -0.3 is 18.6 Å². The molecule has 0 spiro atoms. The van der Waals surface area contributed by atoms with Gasteiger partial charge >= 0.3 is 12.1 Å². The van der Waals surface area contributed by atoms with Crippen molar-refractivity contribution in [2.75, 3.05) is 6.61 Å². The Morgan fingerprint density at radius 2 is 1.76 bits per heavy atom. The van der Waals surface area contributed by atoms with Crippen molar-refractivity contribution < 1.29 is 32.2 Å². The summed E-state index contributed by atoms with van der Waals surface area (Å²) in [4.78, 5) is 25.1. The molecule has 8 nitrogen and oxygen atoms in total. The number of unbranched alkanes of at least 4 members (excludes halogenated alkanes) is 1. The first kappa shape index (κ1) is 27.5. The molecule has 1 aromatic heterocycles. The summed E-state index contributed by atoms with van der Waals surface area (Å²) in [6.45, 7) is 4.84. The number of halogens is 3. The van der Waals surface area contributed by atoms with Crippen LogP contribution in [0.5, 0.6) is 11.5 Å². The summed E-state index contributed by atoms with van der Waals surface area (Å²) in [6, 6.07) is 11.8. The standard InChI is InChI=1S/C26H27F3N4O4/c1-25(2,3)17-13-16(20(34)15-33-19-10-6-5-9-18(19)32(4)24(33)31)14-21(36-12-8-7-11-30)22(17)37-23(35)26(27,28)29/h5-6,9-10,13-14,31H,7-8,12,15H2,1-4H3. The number of aryl methyl sites for hydroxylation is 1. The molecule has 0 amide bonds. The average molecular weight is 517 g/mol. The summed E-state index contributed by atoms with van der Waals surface area (Å²) in [7, 11) is 1.71. The molecule has 0 saturated heterocycles. The second kappa shape index (κ2) is 10.5. The highest BCUT2D eigenvalue weighted by molar-refractivity contribution is 5.98. The number of imidazole rings is 1. The number of aromatic nitrogens is 2. The van der Waals surface area contributed by atoms with Crippen LogP contribution in [0, 0.1) is 16.7 Å². The minimum Gasteiger partial charge on any atom is -0.490 e. The monoisotopic (exact) mass is 516 g/mol. The zero-order chi connectivity index (χ0) is 27.5. The largest absolute Gasteiger partial charge is 0.491 e. The number of ether oxygens (including phenoxy) is 2. The Labute approximate surface area is 211 Å². The maximum absolute atomic E-state index is 13.4. The predicted octanol–water partition coefficient (Wildman–Crippen LogP) is 4.79. The molecule has 3 aromatic rings. The van der Waals surface area contributed by atoms with E-state index in [4.69, 9.17) is 20.1 Å². The van der Waals surface area contributed by atoms with Crippen LogP contribution in [0.25, 0.3) is 11.0 Å². The van der Waals surface area contributed by atoms with Gasteiger partial charge in [0.1, 0.15) is 0 Å². The Balaban J connectivity index is 2.10. The van der Waals surface area contributed by atoms with Crippen LogP contribution in [0.15, 0.2) is 36.4 Å². The quantitative estimate of drug-likeness (QED) is 0.200. The molecule has 0 aliphatic rings. The van der Waals surface area contributed by atoms with Gasteiger partial charge in [-0.15, -0.1) is 0 Å². The van der Waals surface area contributed by atoms with Crippen molar-refractivity contribution in [1.82, 2.24) is 9.13 Å². The van der Waals surface area contributed by atoms with Crippen LogP contribution < -0.4 is 15.1 Å². The first-order chi connectivity index (χ1) is 17.3. The Morgan fingerprint density at radius 3 is 2.35 bits per heavy atom.